The molecule has 9 heteroatoms. The highest BCUT2D eigenvalue weighted by Crippen LogP contribution is 2.22. The van der Waals surface area contributed by atoms with Crippen LogP contribution in [0.4, 0.5) is 5.69 Å². The molecule has 1 fully saturated rings. The van der Waals surface area contributed by atoms with Gasteiger partial charge >= 0.3 is 11.9 Å². The number of aliphatic hydroxyl groups excluding tert-OH is 2. The van der Waals surface area contributed by atoms with Crippen LogP contribution in [0.25, 0.3) is 0 Å². The van der Waals surface area contributed by atoms with Crippen molar-refractivity contribution in [1.29, 1.82) is 0 Å². The second-order valence-corrected chi connectivity index (χ2v) is 6.21. The predicted octanol–water partition coefficient (Wildman–Crippen LogP) is 0.604. The van der Waals surface area contributed by atoms with Gasteiger partial charge in [-0.2, -0.15) is 0 Å². The molecule has 1 aliphatic heterocycles. The van der Waals surface area contributed by atoms with Crippen molar-refractivity contribution in [3.05, 3.63) is 24.3 Å². The van der Waals surface area contributed by atoms with E-state index in [0.717, 1.165) is 0 Å². The van der Waals surface area contributed by atoms with Crippen molar-refractivity contribution in [2.24, 2.45) is 5.92 Å². The Bertz CT molecular complexity index is 567. The first kappa shape index (κ1) is 23.7. The van der Waals surface area contributed by atoms with Crippen LogP contribution in [0.15, 0.2) is 24.3 Å². The molecular formula is C19H29NO8. The molecule has 1 aromatic rings. The first-order chi connectivity index (χ1) is 13.3. The topological polar surface area (TPSA) is 149 Å². The Morgan fingerprint density at radius 3 is 2.07 bits per heavy atom. The summed E-state index contributed by atoms with van der Waals surface area (Å²) in [5.74, 6) is -2.13. The summed E-state index contributed by atoms with van der Waals surface area (Å²) in [6.45, 7) is 3.61. The summed E-state index contributed by atoms with van der Waals surface area (Å²) in [7, 11) is 0. The minimum absolute atomic E-state index is 0.0236. The standard InChI is InChI=1S/C13H22O7.C6H7NO/c1-3-18-12(16)9(13(17)19-4-2)5-8-6-10(14)11(15)7-20-8;7-5-1-3-6(8)4-2-5/h8-11,14-15H,3-7H2,1-2H3;1-4,8H,7H2. The number of ether oxygens (including phenoxy) is 3. The molecule has 1 aliphatic rings. The van der Waals surface area contributed by atoms with Gasteiger partial charge in [0, 0.05) is 12.1 Å². The average molecular weight is 399 g/mol. The molecule has 0 aliphatic carbocycles. The van der Waals surface area contributed by atoms with Gasteiger partial charge in [0.2, 0.25) is 0 Å². The second kappa shape index (κ2) is 12.2. The maximum Gasteiger partial charge on any atom is 0.320 e. The maximum atomic E-state index is 11.8. The van der Waals surface area contributed by atoms with Gasteiger partial charge in [0.25, 0.3) is 0 Å². The van der Waals surface area contributed by atoms with Crippen LogP contribution in [0.5, 0.6) is 5.75 Å². The van der Waals surface area contributed by atoms with Gasteiger partial charge in [-0.3, -0.25) is 9.59 Å². The fourth-order valence-corrected chi connectivity index (χ4v) is 2.52. The van der Waals surface area contributed by atoms with Gasteiger partial charge in [-0.1, -0.05) is 0 Å². The quantitative estimate of drug-likeness (QED) is 0.233. The molecule has 3 atom stereocenters. The third kappa shape index (κ3) is 8.12. The molecule has 0 spiro atoms. The van der Waals surface area contributed by atoms with Crippen LogP contribution in [-0.4, -0.2) is 65.4 Å². The van der Waals surface area contributed by atoms with Gasteiger partial charge in [-0.25, -0.2) is 0 Å². The number of aromatic hydroxyl groups is 1. The number of phenols is 1. The molecule has 28 heavy (non-hydrogen) atoms. The monoisotopic (exact) mass is 399 g/mol. The van der Waals surface area contributed by atoms with E-state index < -0.39 is 36.2 Å². The summed E-state index contributed by atoms with van der Waals surface area (Å²) in [6.07, 6.45) is -2.11. The van der Waals surface area contributed by atoms with Crippen molar-refractivity contribution < 1.29 is 39.1 Å². The van der Waals surface area contributed by atoms with E-state index in [2.05, 4.69) is 0 Å². The highest BCUT2D eigenvalue weighted by atomic mass is 16.6. The minimum Gasteiger partial charge on any atom is -0.508 e. The number of anilines is 1. The molecule has 0 bridgehead atoms. The van der Waals surface area contributed by atoms with Gasteiger partial charge in [0.15, 0.2) is 5.92 Å². The fraction of sp³-hybridized carbons (Fsp3) is 0.579. The summed E-state index contributed by atoms with van der Waals surface area (Å²) in [5.41, 5.74) is 5.98. The number of aliphatic hydroxyl groups is 2. The van der Waals surface area contributed by atoms with Gasteiger partial charge in [0.05, 0.1) is 32.0 Å². The van der Waals surface area contributed by atoms with Crippen molar-refractivity contribution in [2.45, 2.75) is 45.0 Å². The minimum atomic E-state index is -1.07. The molecule has 0 saturated carbocycles. The third-order valence-electron chi connectivity index (χ3n) is 3.99. The fourth-order valence-electron chi connectivity index (χ4n) is 2.52. The molecule has 0 amide bonds. The molecule has 2 rings (SSSR count). The molecule has 1 heterocycles. The van der Waals surface area contributed by atoms with E-state index in [1.807, 2.05) is 0 Å². The largest absolute Gasteiger partial charge is 0.508 e. The lowest BCUT2D eigenvalue weighted by Gasteiger charge is -2.31. The third-order valence-corrected chi connectivity index (χ3v) is 3.99. The summed E-state index contributed by atoms with van der Waals surface area (Å²) in [6, 6.07) is 6.40. The van der Waals surface area contributed by atoms with Crippen LogP contribution in [0.1, 0.15) is 26.7 Å². The summed E-state index contributed by atoms with van der Waals surface area (Å²) >= 11 is 0. The lowest BCUT2D eigenvalue weighted by atomic mass is 9.94. The Morgan fingerprint density at radius 2 is 1.64 bits per heavy atom. The predicted molar refractivity (Wildman–Crippen MR) is 100 cm³/mol. The maximum absolute atomic E-state index is 11.8. The molecule has 1 aromatic carbocycles. The molecule has 3 unspecified atom stereocenters. The first-order valence-electron chi connectivity index (χ1n) is 9.13. The number of benzene rings is 1. The van der Waals surface area contributed by atoms with Crippen molar-refractivity contribution in [3.63, 3.8) is 0 Å². The van der Waals surface area contributed by atoms with E-state index in [1.54, 1.807) is 38.1 Å². The highest BCUT2D eigenvalue weighted by Gasteiger charge is 2.36. The summed E-state index contributed by atoms with van der Waals surface area (Å²) in [5, 5.41) is 27.6. The normalized spacial score (nSPS) is 21.4. The Balaban J connectivity index is 0.000000406. The zero-order chi connectivity index (χ0) is 21.1. The zero-order valence-corrected chi connectivity index (χ0v) is 16.1. The number of rotatable bonds is 6. The second-order valence-electron chi connectivity index (χ2n) is 6.21. The number of carbonyl (C=O) groups is 2. The molecule has 5 N–H and O–H groups in total. The van der Waals surface area contributed by atoms with Crippen molar-refractivity contribution in [2.75, 3.05) is 25.6 Å². The molecule has 1 saturated heterocycles. The summed E-state index contributed by atoms with van der Waals surface area (Å²) < 4.78 is 15.0. The van der Waals surface area contributed by atoms with Crippen molar-refractivity contribution in [1.82, 2.24) is 0 Å². The van der Waals surface area contributed by atoms with Crippen LogP contribution >= 0.6 is 0 Å². The van der Waals surface area contributed by atoms with Gasteiger partial charge in [-0.15, -0.1) is 0 Å². The van der Waals surface area contributed by atoms with Crippen LogP contribution in [0.2, 0.25) is 0 Å². The molecule has 0 radical (unpaired) electrons. The number of nitrogens with two attached hydrogens (primary N) is 1. The number of nitrogen functional groups attached to an aromatic ring is 1. The van der Waals surface area contributed by atoms with Gasteiger partial charge in [-0.05, 0) is 44.5 Å². The molecule has 9 nitrogen and oxygen atoms in total. The SMILES string of the molecule is CCOC(=O)C(CC1CC(O)C(O)CO1)C(=O)OCC.Nc1ccc(O)cc1. The van der Waals surface area contributed by atoms with Crippen molar-refractivity contribution in [3.8, 4) is 5.75 Å². The highest BCUT2D eigenvalue weighted by molar-refractivity contribution is 5.94. The summed E-state index contributed by atoms with van der Waals surface area (Å²) in [4.78, 5) is 23.6. The number of hydrogen-bond donors (Lipinski definition) is 4. The number of hydrogen-bond acceptors (Lipinski definition) is 9. The average Bonchev–Trinajstić information content (AvgIpc) is 2.66. The van der Waals surface area contributed by atoms with E-state index >= 15 is 0 Å². The van der Waals surface area contributed by atoms with E-state index in [9.17, 15) is 19.8 Å². The number of esters is 2. The Labute approximate surface area is 164 Å². The van der Waals surface area contributed by atoms with Crippen LogP contribution < -0.4 is 5.73 Å². The lowest BCUT2D eigenvalue weighted by Crippen LogP contribution is -2.43. The Morgan fingerprint density at radius 1 is 1.11 bits per heavy atom. The van der Waals surface area contributed by atoms with E-state index in [4.69, 9.17) is 25.1 Å². The lowest BCUT2D eigenvalue weighted by molar-refractivity contribution is -0.167. The van der Waals surface area contributed by atoms with Gasteiger partial charge in [0.1, 0.15) is 11.9 Å². The smallest absolute Gasteiger partial charge is 0.320 e. The Hall–Kier alpha value is -2.36. The number of phenolic OH excluding ortho intramolecular Hbond substituents is 1. The zero-order valence-electron chi connectivity index (χ0n) is 16.1. The Kier molecular flexibility index (Phi) is 10.3. The van der Waals surface area contributed by atoms with E-state index in [1.165, 1.54) is 0 Å². The van der Waals surface area contributed by atoms with Crippen molar-refractivity contribution >= 4 is 17.6 Å². The first-order valence-corrected chi connectivity index (χ1v) is 9.13. The molecule has 0 aromatic heterocycles. The van der Waals surface area contributed by atoms with E-state index in [-0.39, 0.29) is 38.4 Å². The van der Waals surface area contributed by atoms with Crippen LogP contribution in [-0.2, 0) is 23.8 Å². The van der Waals surface area contributed by atoms with E-state index in [0.29, 0.717) is 5.69 Å². The van der Waals surface area contributed by atoms with Gasteiger partial charge < -0.3 is 35.3 Å². The van der Waals surface area contributed by atoms with Crippen LogP contribution in [0, 0.1) is 5.92 Å². The number of carbonyl (C=O) groups excluding carboxylic acids is 2. The van der Waals surface area contributed by atoms with Crippen LogP contribution in [0.3, 0.4) is 0 Å². The molecule has 158 valence electrons. The molecular weight excluding hydrogens is 370 g/mol.